The Bertz CT molecular complexity index is 734. The molecule has 0 aromatic heterocycles. The Morgan fingerprint density at radius 1 is 0.962 bits per heavy atom. The van der Waals surface area contributed by atoms with E-state index in [2.05, 4.69) is 69.4 Å². The molecule has 1 fully saturated rings. The van der Waals surface area contributed by atoms with E-state index >= 15 is 0 Å². The quantitative estimate of drug-likeness (QED) is 0.756. The average molecular weight is 350 g/mol. The number of amides is 1. The van der Waals surface area contributed by atoms with Crippen LogP contribution in [-0.4, -0.2) is 5.91 Å². The molecule has 0 radical (unpaired) electrons. The van der Waals surface area contributed by atoms with Crippen LogP contribution < -0.4 is 5.32 Å². The second kappa shape index (κ2) is 7.26. The largest absolute Gasteiger partial charge is 0.349 e. The van der Waals surface area contributed by atoms with Gasteiger partial charge in [0.15, 0.2) is 0 Å². The lowest BCUT2D eigenvalue weighted by Gasteiger charge is -2.30. The molecule has 0 saturated heterocycles. The minimum absolute atomic E-state index is 0.0118. The molecule has 0 bridgehead atoms. The van der Waals surface area contributed by atoms with Gasteiger partial charge < -0.3 is 5.32 Å². The molecule has 0 aliphatic heterocycles. The molecule has 2 aromatic rings. The number of carbonyl (C=O) groups is 1. The van der Waals surface area contributed by atoms with Gasteiger partial charge in [0.2, 0.25) is 5.91 Å². The van der Waals surface area contributed by atoms with Crippen LogP contribution >= 0.6 is 0 Å². The van der Waals surface area contributed by atoms with Gasteiger partial charge in [0.05, 0.1) is 11.5 Å². The van der Waals surface area contributed by atoms with Crippen molar-refractivity contribution >= 4 is 5.91 Å². The van der Waals surface area contributed by atoms with Crippen LogP contribution in [0.3, 0.4) is 0 Å². The van der Waals surface area contributed by atoms with Gasteiger partial charge in [0, 0.05) is 0 Å². The first-order valence-electron chi connectivity index (χ1n) is 9.80. The molecule has 1 N–H and O–H groups in total. The zero-order valence-corrected chi connectivity index (χ0v) is 16.5. The fourth-order valence-electron chi connectivity index (χ4n) is 4.07. The topological polar surface area (TPSA) is 29.1 Å². The van der Waals surface area contributed by atoms with Gasteiger partial charge in [-0.1, -0.05) is 88.2 Å². The summed E-state index contributed by atoms with van der Waals surface area (Å²) in [6.45, 7) is 8.74. The van der Waals surface area contributed by atoms with Crippen molar-refractivity contribution in [2.24, 2.45) is 0 Å². The highest BCUT2D eigenvalue weighted by Gasteiger charge is 2.42. The van der Waals surface area contributed by atoms with E-state index in [9.17, 15) is 4.79 Å². The fraction of sp³-hybridized carbons (Fsp3) is 0.458. The predicted octanol–water partition coefficient (Wildman–Crippen LogP) is 5.67. The van der Waals surface area contributed by atoms with Gasteiger partial charge in [-0.25, -0.2) is 0 Å². The molecule has 0 unspecified atom stereocenters. The zero-order valence-electron chi connectivity index (χ0n) is 16.5. The summed E-state index contributed by atoms with van der Waals surface area (Å²) in [6, 6.07) is 19.0. The van der Waals surface area contributed by atoms with Crippen molar-refractivity contribution in [3.05, 3.63) is 71.3 Å². The number of hydrogen-bond donors (Lipinski definition) is 1. The lowest BCUT2D eigenvalue weighted by Crippen LogP contribution is -2.43. The van der Waals surface area contributed by atoms with Gasteiger partial charge in [-0.05, 0) is 41.9 Å². The summed E-state index contributed by atoms with van der Waals surface area (Å²) in [6.07, 6.45) is 4.13. The van der Waals surface area contributed by atoms with E-state index < -0.39 is 0 Å². The normalized spacial score (nSPS) is 17.7. The van der Waals surface area contributed by atoms with Gasteiger partial charge in [-0.3, -0.25) is 4.79 Å². The van der Waals surface area contributed by atoms with Gasteiger partial charge in [-0.2, -0.15) is 0 Å². The van der Waals surface area contributed by atoms with Crippen LogP contribution in [0.15, 0.2) is 54.6 Å². The van der Waals surface area contributed by atoms with E-state index in [0.29, 0.717) is 0 Å². The fourth-order valence-corrected chi connectivity index (χ4v) is 4.07. The molecule has 2 aromatic carbocycles. The second-order valence-electron chi connectivity index (χ2n) is 8.72. The molecule has 2 nitrogen and oxygen atoms in total. The first-order valence-corrected chi connectivity index (χ1v) is 9.80. The van der Waals surface area contributed by atoms with E-state index in [1.54, 1.807) is 0 Å². The number of rotatable bonds is 4. The van der Waals surface area contributed by atoms with Gasteiger partial charge >= 0.3 is 0 Å². The highest BCUT2D eigenvalue weighted by Crippen LogP contribution is 2.41. The maximum absolute atomic E-state index is 13.3. The summed E-state index contributed by atoms with van der Waals surface area (Å²) in [5.74, 6) is 0.175. The molecule has 0 spiro atoms. The van der Waals surface area contributed by atoms with Crippen molar-refractivity contribution < 1.29 is 4.79 Å². The minimum Gasteiger partial charge on any atom is -0.349 e. The van der Waals surface area contributed by atoms with E-state index in [-0.39, 0.29) is 22.8 Å². The van der Waals surface area contributed by atoms with Crippen molar-refractivity contribution in [3.8, 4) is 0 Å². The van der Waals surface area contributed by atoms with E-state index in [1.165, 1.54) is 5.56 Å². The Labute approximate surface area is 158 Å². The maximum atomic E-state index is 13.3. The monoisotopic (exact) mass is 349 g/mol. The van der Waals surface area contributed by atoms with Gasteiger partial charge in [-0.15, -0.1) is 0 Å². The molecule has 1 saturated carbocycles. The molecular formula is C24H31NO. The number of carbonyl (C=O) groups excluding carboxylic acids is 1. The summed E-state index contributed by atoms with van der Waals surface area (Å²) in [5, 5.41) is 3.30. The van der Waals surface area contributed by atoms with E-state index in [4.69, 9.17) is 0 Å². The van der Waals surface area contributed by atoms with Crippen molar-refractivity contribution in [1.29, 1.82) is 0 Å². The Morgan fingerprint density at radius 3 is 2.08 bits per heavy atom. The minimum atomic E-state index is -0.360. The number of hydrogen-bond acceptors (Lipinski definition) is 1. The number of benzene rings is 2. The Morgan fingerprint density at radius 2 is 1.54 bits per heavy atom. The molecule has 1 atom stereocenters. The van der Waals surface area contributed by atoms with Gasteiger partial charge in [0.25, 0.3) is 0 Å². The zero-order chi connectivity index (χ0) is 18.8. The standard InChI is InChI=1S/C24H31NO/c1-18(19-12-14-20(15-13-19)23(2,3)4)25-22(26)24(16-8-9-17-24)21-10-6-5-7-11-21/h5-7,10-15,18H,8-9,16-17H2,1-4H3,(H,25,26)/t18-/m1/s1. The van der Waals surface area contributed by atoms with Crippen LogP contribution in [0.25, 0.3) is 0 Å². The molecular weight excluding hydrogens is 318 g/mol. The second-order valence-corrected chi connectivity index (χ2v) is 8.72. The third kappa shape index (κ3) is 3.70. The van der Waals surface area contributed by atoms with Crippen LogP contribution in [0.1, 0.15) is 76.1 Å². The molecule has 0 heterocycles. The molecule has 26 heavy (non-hydrogen) atoms. The van der Waals surface area contributed by atoms with E-state index in [1.807, 2.05) is 18.2 Å². The molecule has 138 valence electrons. The number of nitrogens with one attached hydrogen (secondary N) is 1. The lowest BCUT2D eigenvalue weighted by molar-refractivity contribution is -0.127. The molecule has 1 aliphatic carbocycles. The molecule has 2 heteroatoms. The third-order valence-electron chi connectivity index (χ3n) is 5.84. The van der Waals surface area contributed by atoms with Crippen molar-refractivity contribution in [2.75, 3.05) is 0 Å². The van der Waals surface area contributed by atoms with Crippen LogP contribution in [-0.2, 0) is 15.6 Å². The van der Waals surface area contributed by atoms with Gasteiger partial charge in [0.1, 0.15) is 0 Å². The van der Waals surface area contributed by atoms with Crippen LogP contribution in [0.5, 0.6) is 0 Å². The van der Waals surface area contributed by atoms with Crippen LogP contribution in [0.4, 0.5) is 0 Å². The SMILES string of the molecule is C[C@@H](NC(=O)C1(c2ccccc2)CCCC1)c1ccc(C(C)(C)C)cc1. The maximum Gasteiger partial charge on any atom is 0.231 e. The van der Waals surface area contributed by atoms with Crippen LogP contribution in [0.2, 0.25) is 0 Å². The molecule has 3 rings (SSSR count). The molecule has 1 amide bonds. The van der Waals surface area contributed by atoms with E-state index in [0.717, 1.165) is 36.8 Å². The summed E-state index contributed by atoms with van der Waals surface area (Å²) in [4.78, 5) is 13.3. The first-order chi connectivity index (χ1) is 12.3. The van der Waals surface area contributed by atoms with Crippen molar-refractivity contribution in [1.82, 2.24) is 5.32 Å². The lowest BCUT2D eigenvalue weighted by atomic mass is 9.77. The summed E-state index contributed by atoms with van der Waals surface area (Å²) in [7, 11) is 0. The van der Waals surface area contributed by atoms with Crippen molar-refractivity contribution in [2.45, 2.75) is 70.3 Å². The highest BCUT2D eigenvalue weighted by atomic mass is 16.2. The average Bonchev–Trinajstić information content (AvgIpc) is 3.13. The Kier molecular flexibility index (Phi) is 5.22. The summed E-state index contributed by atoms with van der Waals surface area (Å²) in [5.41, 5.74) is 3.42. The van der Waals surface area contributed by atoms with Crippen molar-refractivity contribution in [3.63, 3.8) is 0 Å². The Hall–Kier alpha value is -2.09. The third-order valence-corrected chi connectivity index (χ3v) is 5.84. The smallest absolute Gasteiger partial charge is 0.231 e. The summed E-state index contributed by atoms with van der Waals surface area (Å²) < 4.78 is 0. The predicted molar refractivity (Wildman–Crippen MR) is 108 cm³/mol. The molecule has 1 aliphatic rings. The Balaban J connectivity index is 1.78. The summed E-state index contributed by atoms with van der Waals surface area (Å²) >= 11 is 0. The first kappa shape index (κ1) is 18.7. The van der Waals surface area contributed by atoms with Crippen LogP contribution in [0, 0.1) is 0 Å². The highest BCUT2D eigenvalue weighted by molar-refractivity contribution is 5.88.